The summed E-state index contributed by atoms with van der Waals surface area (Å²) in [5.41, 5.74) is 3.11. The molecule has 1 saturated heterocycles. The molecule has 2 aromatic rings. The predicted octanol–water partition coefficient (Wildman–Crippen LogP) is 3.34. The fourth-order valence-corrected chi connectivity index (χ4v) is 4.49. The molecule has 1 aliphatic heterocycles. The Morgan fingerprint density at radius 1 is 1.00 bits per heavy atom. The highest BCUT2D eigenvalue weighted by molar-refractivity contribution is 5.59. The number of nitrogens with zero attached hydrogens (tertiary/aromatic N) is 4. The van der Waals surface area contributed by atoms with Crippen LogP contribution in [0.2, 0.25) is 0 Å². The van der Waals surface area contributed by atoms with Gasteiger partial charge in [0.25, 0.3) is 0 Å². The van der Waals surface area contributed by atoms with Gasteiger partial charge < -0.3 is 10.4 Å². The molecule has 2 aromatic heterocycles. The van der Waals surface area contributed by atoms with Gasteiger partial charge in [0.1, 0.15) is 5.82 Å². The molecule has 6 nitrogen and oxygen atoms in total. The Morgan fingerprint density at radius 2 is 1.71 bits per heavy atom. The molecule has 0 amide bonds. The van der Waals surface area contributed by atoms with Gasteiger partial charge in [-0.15, -0.1) is 0 Å². The van der Waals surface area contributed by atoms with Crippen LogP contribution in [0.3, 0.4) is 0 Å². The first kappa shape index (κ1) is 19.3. The van der Waals surface area contributed by atoms with Crippen LogP contribution in [0.5, 0.6) is 0 Å². The van der Waals surface area contributed by atoms with Gasteiger partial charge in [0, 0.05) is 54.4 Å². The summed E-state index contributed by atoms with van der Waals surface area (Å²) in [6.45, 7) is 6.21. The molecule has 150 valence electrons. The van der Waals surface area contributed by atoms with Crippen molar-refractivity contribution in [2.75, 3.05) is 18.4 Å². The molecule has 28 heavy (non-hydrogen) atoms. The van der Waals surface area contributed by atoms with Crippen LogP contribution in [0.25, 0.3) is 11.4 Å². The highest BCUT2D eigenvalue weighted by Gasteiger charge is 2.31. The number of nitrogens with one attached hydrogen (secondary N) is 1. The summed E-state index contributed by atoms with van der Waals surface area (Å²) in [4.78, 5) is 16.1. The molecule has 1 saturated carbocycles. The molecule has 6 heteroatoms. The van der Waals surface area contributed by atoms with Crippen molar-refractivity contribution in [1.82, 2.24) is 19.9 Å². The number of aromatic nitrogens is 3. The van der Waals surface area contributed by atoms with E-state index in [1.807, 2.05) is 19.1 Å². The Labute approximate surface area is 167 Å². The second-order valence-corrected chi connectivity index (χ2v) is 8.22. The van der Waals surface area contributed by atoms with Gasteiger partial charge in [-0.25, -0.2) is 9.97 Å². The van der Waals surface area contributed by atoms with Crippen LogP contribution in [0.1, 0.15) is 49.8 Å². The zero-order valence-corrected chi connectivity index (χ0v) is 16.9. The SMILES string of the molecule is Cc1nc(-c2ccncc2)nc(NC2CCN(C3CCCCC3O)CC2)c1C. The van der Waals surface area contributed by atoms with E-state index in [0.29, 0.717) is 12.1 Å². The number of rotatable bonds is 4. The van der Waals surface area contributed by atoms with E-state index in [4.69, 9.17) is 4.98 Å². The quantitative estimate of drug-likeness (QED) is 0.846. The number of hydrogen-bond acceptors (Lipinski definition) is 6. The molecule has 0 spiro atoms. The minimum atomic E-state index is -0.145. The molecule has 0 radical (unpaired) electrons. The maximum atomic E-state index is 10.3. The molecule has 0 bridgehead atoms. The third-order valence-corrected chi connectivity index (χ3v) is 6.36. The van der Waals surface area contributed by atoms with E-state index in [9.17, 15) is 5.11 Å². The summed E-state index contributed by atoms with van der Waals surface area (Å²) < 4.78 is 0. The third kappa shape index (κ3) is 4.18. The van der Waals surface area contributed by atoms with Crippen molar-refractivity contribution in [2.24, 2.45) is 0 Å². The lowest BCUT2D eigenvalue weighted by atomic mass is 9.89. The fourth-order valence-electron chi connectivity index (χ4n) is 4.49. The van der Waals surface area contributed by atoms with Gasteiger partial charge in [0.05, 0.1) is 6.10 Å². The first-order valence-electron chi connectivity index (χ1n) is 10.6. The standard InChI is InChI=1S/C22H31N5O/c1-15-16(2)24-22(17-7-11-23-12-8-17)26-21(15)25-18-9-13-27(14-10-18)19-5-3-4-6-20(19)28/h7-8,11-12,18-20,28H,3-6,9-10,13-14H2,1-2H3,(H,24,25,26). The number of aryl methyl sites for hydroxylation is 1. The number of pyridine rings is 1. The number of piperidine rings is 1. The summed E-state index contributed by atoms with van der Waals surface area (Å²) in [5.74, 6) is 1.69. The van der Waals surface area contributed by atoms with E-state index in [-0.39, 0.29) is 6.10 Å². The summed E-state index contributed by atoms with van der Waals surface area (Å²) in [6, 6.07) is 4.66. The molecule has 3 heterocycles. The van der Waals surface area contributed by atoms with Crippen LogP contribution in [0.15, 0.2) is 24.5 Å². The van der Waals surface area contributed by atoms with E-state index >= 15 is 0 Å². The van der Waals surface area contributed by atoms with Crippen molar-refractivity contribution < 1.29 is 5.11 Å². The molecule has 2 fully saturated rings. The number of aliphatic hydroxyl groups is 1. The number of likely N-dealkylation sites (tertiary alicyclic amines) is 1. The summed E-state index contributed by atoms with van der Waals surface area (Å²) >= 11 is 0. The molecular weight excluding hydrogens is 350 g/mol. The molecule has 2 unspecified atom stereocenters. The van der Waals surface area contributed by atoms with Crippen molar-refractivity contribution in [3.63, 3.8) is 0 Å². The highest BCUT2D eigenvalue weighted by Crippen LogP contribution is 2.28. The van der Waals surface area contributed by atoms with E-state index < -0.39 is 0 Å². The first-order chi connectivity index (χ1) is 13.6. The summed E-state index contributed by atoms with van der Waals surface area (Å²) in [7, 11) is 0. The molecule has 1 aliphatic carbocycles. The Balaban J connectivity index is 1.43. The highest BCUT2D eigenvalue weighted by atomic mass is 16.3. The minimum Gasteiger partial charge on any atom is -0.391 e. The fraction of sp³-hybridized carbons (Fsp3) is 0.591. The van der Waals surface area contributed by atoms with Gasteiger partial charge in [0.2, 0.25) is 0 Å². The van der Waals surface area contributed by atoms with Gasteiger partial charge in [-0.1, -0.05) is 12.8 Å². The largest absolute Gasteiger partial charge is 0.391 e. The second kappa shape index (κ2) is 8.53. The van der Waals surface area contributed by atoms with Crippen LogP contribution in [-0.2, 0) is 0 Å². The van der Waals surface area contributed by atoms with E-state index in [1.54, 1.807) is 12.4 Å². The van der Waals surface area contributed by atoms with Gasteiger partial charge in [-0.2, -0.15) is 0 Å². The van der Waals surface area contributed by atoms with E-state index in [0.717, 1.165) is 67.2 Å². The van der Waals surface area contributed by atoms with Crippen molar-refractivity contribution in [3.05, 3.63) is 35.8 Å². The van der Waals surface area contributed by atoms with E-state index in [1.165, 1.54) is 12.8 Å². The summed E-state index contributed by atoms with van der Waals surface area (Å²) in [5, 5.41) is 14.0. The predicted molar refractivity (Wildman–Crippen MR) is 111 cm³/mol. The van der Waals surface area contributed by atoms with Crippen LogP contribution >= 0.6 is 0 Å². The lowest BCUT2D eigenvalue weighted by Crippen LogP contribution is -2.50. The van der Waals surface area contributed by atoms with Gasteiger partial charge in [0.15, 0.2) is 5.82 Å². The number of anilines is 1. The van der Waals surface area contributed by atoms with Gasteiger partial charge >= 0.3 is 0 Å². The normalized spacial score (nSPS) is 24.2. The zero-order valence-electron chi connectivity index (χ0n) is 16.9. The monoisotopic (exact) mass is 381 g/mol. The molecular formula is C22H31N5O. The number of aliphatic hydroxyl groups excluding tert-OH is 1. The Bertz CT molecular complexity index is 789. The van der Waals surface area contributed by atoms with Gasteiger partial charge in [-0.05, 0) is 51.7 Å². The van der Waals surface area contributed by atoms with Crippen molar-refractivity contribution >= 4 is 5.82 Å². The molecule has 2 aliphatic rings. The summed E-state index contributed by atoms with van der Waals surface area (Å²) in [6.07, 6.45) is 10.1. The van der Waals surface area contributed by atoms with Gasteiger partial charge in [-0.3, -0.25) is 9.88 Å². The van der Waals surface area contributed by atoms with Crippen LogP contribution < -0.4 is 5.32 Å². The van der Waals surface area contributed by atoms with E-state index in [2.05, 4.69) is 27.1 Å². The average molecular weight is 382 g/mol. The Morgan fingerprint density at radius 3 is 2.43 bits per heavy atom. The maximum Gasteiger partial charge on any atom is 0.161 e. The van der Waals surface area contributed by atoms with Crippen molar-refractivity contribution in [3.8, 4) is 11.4 Å². The minimum absolute atomic E-state index is 0.145. The number of hydrogen-bond donors (Lipinski definition) is 2. The van der Waals surface area contributed by atoms with Crippen LogP contribution in [0.4, 0.5) is 5.82 Å². The van der Waals surface area contributed by atoms with Crippen molar-refractivity contribution in [1.29, 1.82) is 0 Å². The smallest absolute Gasteiger partial charge is 0.161 e. The van der Waals surface area contributed by atoms with Crippen LogP contribution in [-0.4, -0.2) is 56.2 Å². The molecule has 4 rings (SSSR count). The Kier molecular flexibility index (Phi) is 5.87. The average Bonchev–Trinajstić information content (AvgIpc) is 2.73. The zero-order chi connectivity index (χ0) is 19.5. The third-order valence-electron chi connectivity index (χ3n) is 6.36. The molecule has 2 N–H and O–H groups in total. The lowest BCUT2D eigenvalue weighted by molar-refractivity contribution is 0.00992. The van der Waals surface area contributed by atoms with Crippen LogP contribution in [0, 0.1) is 13.8 Å². The lowest BCUT2D eigenvalue weighted by Gasteiger charge is -2.41. The topological polar surface area (TPSA) is 74.2 Å². The van der Waals surface area contributed by atoms with Crippen molar-refractivity contribution in [2.45, 2.75) is 70.6 Å². The Hall–Kier alpha value is -2.05. The second-order valence-electron chi connectivity index (χ2n) is 8.22. The molecule has 0 aromatic carbocycles. The first-order valence-corrected chi connectivity index (χ1v) is 10.6. The maximum absolute atomic E-state index is 10.3. The molecule has 2 atom stereocenters.